The van der Waals surface area contributed by atoms with E-state index >= 15 is 0 Å². The fourth-order valence-electron chi connectivity index (χ4n) is 2.69. The van der Waals surface area contributed by atoms with Crippen LogP contribution in [0.3, 0.4) is 0 Å². The lowest BCUT2D eigenvalue weighted by Gasteiger charge is -2.38. The van der Waals surface area contributed by atoms with E-state index in [2.05, 4.69) is 12.6 Å². The smallest absolute Gasteiger partial charge is 0.235 e. The third kappa shape index (κ3) is 2.43. The molecule has 2 rings (SSSR count). The maximum atomic E-state index is 12.2. The quantitative estimate of drug-likeness (QED) is 0.625. The number of nitrogens with zero attached hydrogens (tertiary/aromatic N) is 1. The van der Waals surface area contributed by atoms with Gasteiger partial charge in [0.25, 0.3) is 0 Å². The second-order valence-electron chi connectivity index (χ2n) is 6.12. The zero-order chi connectivity index (χ0) is 13.4. The Morgan fingerprint density at radius 2 is 1.89 bits per heavy atom. The minimum Gasteiger partial charge on any atom is -0.381 e. The molecule has 18 heavy (non-hydrogen) atoms. The predicted molar refractivity (Wildman–Crippen MR) is 71.5 cm³/mol. The first-order valence-corrected chi connectivity index (χ1v) is 7.07. The van der Waals surface area contributed by atoms with E-state index in [4.69, 9.17) is 4.74 Å². The zero-order valence-electron chi connectivity index (χ0n) is 11.1. The first-order valence-electron chi connectivity index (χ1n) is 6.44. The van der Waals surface area contributed by atoms with Crippen molar-refractivity contribution in [3.8, 4) is 0 Å². The van der Waals surface area contributed by atoms with E-state index in [0.29, 0.717) is 31.9 Å². The van der Waals surface area contributed by atoms with Crippen LogP contribution in [0, 0.1) is 10.8 Å². The lowest BCUT2D eigenvalue weighted by Crippen LogP contribution is -2.46. The van der Waals surface area contributed by atoms with Gasteiger partial charge in [-0.3, -0.25) is 14.5 Å². The summed E-state index contributed by atoms with van der Waals surface area (Å²) in [4.78, 5) is 25.6. The van der Waals surface area contributed by atoms with Gasteiger partial charge in [0.2, 0.25) is 11.8 Å². The van der Waals surface area contributed by atoms with Crippen molar-refractivity contribution in [2.75, 3.05) is 25.5 Å². The average molecular weight is 271 g/mol. The van der Waals surface area contributed by atoms with Crippen LogP contribution in [-0.2, 0) is 14.3 Å². The van der Waals surface area contributed by atoms with Gasteiger partial charge in [-0.05, 0) is 18.6 Å². The minimum absolute atomic E-state index is 0.0415. The summed E-state index contributed by atoms with van der Waals surface area (Å²) in [5, 5.41) is 0. The maximum Gasteiger partial charge on any atom is 0.235 e. The van der Waals surface area contributed by atoms with E-state index in [9.17, 15) is 9.59 Å². The monoisotopic (exact) mass is 271 g/mol. The SMILES string of the molecule is CC1(C)CC(=O)N(CC2(CS)CCOCC2)C1=O. The molecule has 4 nitrogen and oxygen atoms in total. The molecule has 102 valence electrons. The number of carbonyl (C=O) groups excluding carboxylic acids is 2. The van der Waals surface area contributed by atoms with Crippen LogP contribution in [0.5, 0.6) is 0 Å². The van der Waals surface area contributed by atoms with Crippen molar-refractivity contribution in [3.05, 3.63) is 0 Å². The summed E-state index contributed by atoms with van der Waals surface area (Å²) in [5.74, 6) is 0.603. The van der Waals surface area contributed by atoms with E-state index in [-0.39, 0.29) is 17.2 Å². The first-order chi connectivity index (χ1) is 8.40. The number of hydrogen-bond donors (Lipinski definition) is 1. The Hall–Kier alpha value is -0.550. The lowest BCUT2D eigenvalue weighted by molar-refractivity contribution is -0.143. The molecule has 0 aromatic heterocycles. The van der Waals surface area contributed by atoms with Crippen molar-refractivity contribution in [1.29, 1.82) is 0 Å². The summed E-state index contributed by atoms with van der Waals surface area (Å²) in [5.41, 5.74) is -0.604. The van der Waals surface area contributed by atoms with Crippen LogP contribution in [0.4, 0.5) is 0 Å². The van der Waals surface area contributed by atoms with E-state index in [0.717, 1.165) is 12.8 Å². The van der Waals surface area contributed by atoms with Gasteiger partial charge in [-0.25, -0.2) is 0 Å². The summed E-state index contributed by atoms with van der Waals surface area (Å²) >= 11 is 4.42. The third-order valence-corrected chi connectivity index (χ3v) is 4.77. The van der Waals surface area contributed by atoms with Crippen molar-refractivity contribution in [1.82, 2.24) is 4.90 Å². The van der Waals surface area contributed by atoms with Gasteiger partial charge < -0.3 is 4.74 Å². The van der Waals surface area contributed by atoms with Gasteiger partial charge in [-0.15, -0.1) is 0 Å². The lowest BCUT2D eigenvalue weighted by atomic mass is 9.81. The molecule has 2 saturated heterocycles. The summed E-state index contributed by atoms with van der Waals surface area (Å²) in [7, 11) is 0. The standard InChI is InChI=1S/C13H21NO3S/c1-12(2)7-10(15)14(11(12)16)8-13(9-18)3-5-17-6-4-13/h18H,3-9H2,1-2H3. The molecule has 0 saturated carbocycles. The van der Waals surface area contributed by atoms with Gasteiger partial charge in [-0.2, -0.15) is 12.6 Å². The van der Waals surface area contributed by atoms with Crippen LogP contribution in [0.15, 0.2) is 0 Å². The third-order valence-electron chi connectivity index (χ3n) is 4.10. The van der Waals surface area contributed by atoms with E-state index in [1.165, 1.54) is 4.90 Å². The molecule has 2 fully saturated rings. The second-order valence-corrected chi connectivity index (χ2v) is 6.43. The largest absolute Gasteiger partial charge is 0.381 e. The van der Waals surface area contributed by atoms with Crippen molar-refractivity contribution in [2.24, 2.45) is 10.8 Å². The van der Waals surface area contributed by atoms with Gasteiger partial charge in [-0.1, -0.05) is 13.8 Å². The van der Waals surface area contributed by atoms with Crippen molar-refractivity contribution in [2.45, 2.75) is 33.1 Å². The fourth-order valence-corrected chi connectivity index (χ4v) is 3.11. The number of amides is 2. The fraction of sp³-hybridized carbons (Fsp3) is 0.846. The molecule has 0 atom stereocenters. The number of hydrogen-bond acceptors (Lipinski definition) is 4. The van der Waals surface area contributed by atoms with Crippen LogP contribution < -0.4 is 0 Å². The molecule has 0 aromatic carbocycles. The Bertz CT molecular complexity index is 361. The molecule has 0 radical (unpaired) electrons. The molecule has 0 spiro atoms. The average Bonchev–Trinajstić information content (AvgIpc) is 2.53. The number of ether oxygens (including phenoxy) is 1. The highest BCUT2D eigenvalue weighted by Gasteiger charge is 2.47. The molecule has 0 unspecified atom stereocenters. The molecule has 0 aromatic rings. The van der Waals surface area contributed by atoms with Crippen LogP contribution >= 0.6 is 12.6 Å². The Morgan fingerprint density at radius 1 is 1.28 bits per heavy atom. The number of likely N-dealkylation sites (tertiary alicyclic amines) is 1. The zero-order valence-corrected chi connectivity index (χ0v) is 12.0. The number of rotatable bonds is 3. The van der Waals surface area contributed by atoms with E-state index in [1.807, 2.05) is 13.8 Å². The van der Waals surface area contributed by atoms with Crippen molar-refractivity contribution in [3.63, 3.8) is 0 Å². The molecule has 2 aliphatic rings. The maximum absolute atomic E-state index is 12.2. The predicted octanol–water partition coefficient (Wildman–Crippen LogP) is 1.50. The molecule has 5 heteroatoms. The number of thiol groups is 1. The van der Waals surface area contributed by atoms with Gasteiger partial charge in [0.1, 0.15) is 0 Å². The van der Waals surface area contributed by atoms with E-state index in [1.54, 1.807) is 0 Å². The second kappa shape index (κ2) is 4.85. The summed E-state index contributed by atoms with van der Waals surface area (Å²) in [6.07, 6.45) is 2.06. The normalized spacial score (nSPS) is 26.7. The molecular weight excluding hydrogens is 250 g/mol. The van der Waals surface area contributed by atoms with Crippen molar-refractivity contribution >= 4 is 24.4 Å². The highest BCUT2D eigenvalue weighted by atomic mass is 32.1. The molecule has 2 heterocycles. The number of imide groups is 1. The molecule has 2 amide bonds. The van der Waals surface area contributed by atoms with Gasteiger partial charge in [0.05, 0.1) is 5.41 Å². The molecule has 2 aliphatic heterocycles. The summed E-state index contributed by atoms with van der Waals surface area (Å²) < 4.78 is 5.36. The highest BCUT2D eigenvalue weighted by molar-refractivity contribution is 7.80. The summed E-state index contributed by atoms with van der Waals surface area (Å²) in [6, 6.07) is 0. The van der Waals surface area contributed by atoms with E-state index < -0.39 is 5.41 Å². The van der Waals surface area contributed by atoms with Crippen LogP contribution in [-0.4, -0.2) is 42.2 Å². The molecular formula is C13H21NO3S. The Kier molecular flexibility index (Phi) is 3.74. The Balaban J connectivity index is 2.12. The highest BCUT2D eigenvalue weighted by Crippen LogP contribution is 2.38. The Morgan fingerprint density at radius 3 is 2.33 bits per heavy atom. The molecule has 0 aliphatic carbocycles. The van der Waals surface area contributed by atoms with Gasteiger partial charge >= 0.3 is 0 Å². The molecule has 0 N–H and O–H groups in total. The van der Waals surface area contributed by atoms with Crippen LogP contribution in [0.2, 0.25) is 0 Å². The topological polar surface area (TPSA) is 46.6 Å². The molecule has 0 bridgehead atoms. The van der Waals surface area contributed by atoms with Crippen LogP contribution in [0.25, 0.3) is 0 Å². The number of carbonyl (C=O) groups is 2. The van der Waals surface area contributed by atoms with Crippen molar-refractivity contribution < 1.29 is 14.3 Å². The Labute approximate surface area is 113 Å². The van der Waals surface area contributed by atoms with Gasteiger partial charge in [0.15, 0.2) is 0 Å². The van der Waals surface area contributed by atoms with Crippen LogP contribution in [0.1, 0.15) is 33.1 Å². The van der Waals surface area contributed by atoms with Gasteiger partial charge in [0, 0.05) is 31.6 Å². The summed E-state index contributed by atoms with van der Waals surface area (Å²) in [6.45, 7) is 5.57. The minimum atomic E-state index is -0.542. The first kappa shape index (κ1) is 13.9.